The number of aromatic nitrogens is 4. The van der Waals surface area contributed by atoms with E-state index in [4.69, 9.17) is 4.74 Å². The maximum Gasteiger partial charge on any atom is 0.248 e. The summed E-state index contributed by atoms with van der Waals surface area (Å²) in [6.07, 6.45) is 1.45. The van der Waals surface area contributed by atoms with E-state index in [2.05, 4.69) is 19.9 Å². The fourth-order valence-electron chi connectivity index (χ4n) is 1.60. The summed E-state index contributed by atoms with van der Waals surface area (Å²) < 4.78 is 5.68. The number of ether oxygens (including phenoxy) is 1. The Hall–Kier alpha value is -2.43. The highest BCUT2D eigenvalue weighted by Crippen LogP contribution is 2.24. The summed E-state index contributed by atoms with van der Waals surface area (Å²) in [5.74, 6) is 2.01. The van der Waals surface area contributed by atoms with E-state index in [9.17, 15) is 0 Å². The van der Waals surface area contributed by atoms with E-state index in [0.29, 0.717) is 17.0 Å². The van der Waals surface area contributed by atoms with Crippen LogP contribution >= 0.6 is 0 Å². The fraction of sp³-hybridized carbons (Fsp3) is 0.0833. The lowest BCUT2D eigenvalue weighted by molar-refractivity contribution is 0.467. The molecule has 2 aromatic heterocycles. The van der Waals surface area contributed by atoms with Crippen LogP contribution in [0.3, 0.4) is 0 Å². The van der Waals surface area contributed by atoms with E-state index in [1.807, 2.05) is 37.3 Å². The standard InChI is InChI=1S/C12H10N4O/c1-8-15-10-11(16-8)13-7-14-12(10)17-9-5-3-2-4-6-9/h2-7H,1H3,(H,13,14,15,16). The molecule has 0 fully saturated rings. The number of nitrogens with one attached hydrogen (secondary N) is 1. The number of nitrogens with zero attached hydrogens (tertiary/aromatic N) is 3. The van der Waals surface area contributed by atoms with Crippen molar-refractivity contribution in [3.63, 3.8) is 0 Å². The first-order valence-electron chi connectivity index (χ1n) is 5.23. The van der Waals surface area contributed by atoms with Gasteiger partial charge in [-0.2, -0.15) is 4.98 Å². The summed E-state index contributed by atoms with van der Waals surface area (Å²) in [6, 6.07) is 9.50. The highest BCUT2D eigenvalue weighted by Gasteiger charge is 2.09. The van der Waals surface area contributed by atoms with Crippen molar-refractivity contribution in [2.45, 2.75) is 6.92 Å². The zero-order valence-corrected chi connectivity index (χ0v) is 9.21. The third-order valence-electron chi connectivity index (χ3n) is 2.33. The van der Waals surface area contributed by atoms with Crippen LogP contribution in [0.25, 0.3) is 11.2 Å². The Labute approximate surface area is 97.5 Å². The molecule has 1 aromatic carbocycles. The van der Waals surface area contributed by atoms with Crippen LogP contribution in [0.15, 0.2) is 36.7 Å². The van der Waals surface area contributed by atoms with E-state index in [0.717, 1.165) is 11.6 Å². The molecule has 84 valence electrons. The Bertz CT molecular complexity index is 648. The first kappa shape index (κ1) is 9.77. The lowest BCUT2D eigenvalue weighted by Gasteiger charge is -2.03. The number of aryl methyl sites for hydroxylation is 1. The van der Waals surface area contributed by atoms with Crippen molar-refractivity contribution >= 4 is 11.2 Å². The van der Waals surface area contributed by atoms with Crippen LogP contribution in [-0.2, 0) is 0 Å². The van der Waals surface area contributed by atoms with Gasteiger partial charge in [0.15, 0.2) is 5.65 Å². The van der Waals surface area contributed by atoms with Gasteiger partial charge in [0.1, 0.15) is 23.4 Å². The van der Waals surface area contributed by atoms with Gasteiger partial charge in [0.05, 0.1) is 0 Å². The molecule has 0 spiro atoms. The zero-order valence-electron chi connectivity index (χ0n) is 9.21. The smallest absolute Gasteiger partial charge is 0.248 e. The number of aromatic amines is 1. The SMILES string of the molecule is Cc1nc2ncnc(Oc3ccccc3)c2[nH]1. The van der Waals surface area contributed by atoms with Gasteiger partial charge < -0.3 is 9.72 Å². The predicted molar refractivity (Wildman–Crippen MR) is 62.9 cm³/mol. The molecule has 0 aliphatic heterocycles. The molecule has 0 aliphatic rings. The largest absolute Gasteiger partial charge is 0.437 e. The number of benzene rings is 1. The van der Waals surface area contributed by atoms with E-state index >= 15 is 0 Å². The maximum absolute atomic E-state index is 5.68. The zero-order chi connectivity index (χ0) is 11.7. The first-order valence-corrected chi connectivity index (χ1v) is 5.23. The molecular weight excluding hydrogens is 216 g/mol. The van der Waals surface area contributed by atoms with Crippen molar-refractivity contribution in [1.29, 1.82) is 0 Å². The molecule has 5 nitrogen and oxygen atoms in total. The lowest BCUT2D eigenvalue weighted by Crippen LogP contribution is -1.90. The topological polar surface area (TPSA) is 63.7 Å². The van der Waals surface area contributed by atoms with Crippen molar-refractivity contribution in [3.05, 3.63) is 42.5 Å². The molecule has 0 amide bonds. The summed E-state index contributed by atoms with van der Waals surface area (Å²) in [6.45, 7) is 1.87. The Balaban J connectivity index is 2.06. The molecule has 2 heterocycles. The third kappa shape index (κ3) is 1.82. The second kappa shape index (κ2) is 3.86. The van der Waals surface area contributed by atoms with E-state index < -0.39 is 0 Å². The Morgan fingerprint density at radius 2 is 1.94 bits per heavy atom. The van der Waals surface area contributed by atoms with Crippen molar-refractivity contribution in [3.8, 4) is 11.6 Å². The van der Waals surface area contributed by atoms with Gasteiger partial charge in [0.25, 0.3) is 0 Å². The maximum atomic E-state index is 5.68. The van der Waals surface area contributed by atoms with Crippen molar-refractivity contribution in [1.82, 2.24) is 19.9 Å². The van der Waals surface area contributed by atoms with Gasteiger partial charge in [0.2, 0.25) is 5.88 Å². The van der Waals surface area contributed by atoms with E-state index in [1.54, 1.807) is 0 Å². The molecule has 0 radical (unpaired) electrons. The minimum absolute atomic E-state index is 0.488. The minimum atomic E-state index is 0.488. The molecule has 3 aromatic rings. The molecule has 0 unspecified atom stereocenters. The van der Waals surface area contributed by atoms with Crippen LogP contribution in [0.2, 0.25) is 0 Å². The van der Waals surface area contributed by atoms with Crippen LogP contribution in [0.5, 0.6) is 11.6 Å². The molecule has 5 heteroatoms. The van der Waals surface area contributed by atoms with Crippen LogP contribution in [0.1, 0.15) is 5.82 Å². The fourth-order valence-corrected chi connectivity index (χ4v) is 1.60. The number of hydrogen-bond acceptors (Lipinski definition) is 4. The summed E-state index contributed by atoms with van der Waals surface area (Å²) in [7, 11) is 0. The second-order valence-corrected chi connectivity index (χ2v) is 3.61. The number of fused-ring (bicyclic) bond motifs is 1. The average molecular weight is 226 g/mol. The van der Waals surface area contributed by atoms with Crippen molar-refractivity contribution in [2.75, 3.05) is 0 Å². The van der Waals surface area contributed by atoms with Gasteiger partial charge in [-0.05, 0) is 19.1 Å². The first-order chi connectivity index (χ1) is 8.33. The van der Waals surface area contributed by atoms with E-state index in [1.165, 1.54) is 6.33 Å². The van der Waals surface area contributed by atoms with Gasteiger partial charge in [-0.15, -0.1) is 0 Å². The summed E-state index contributed by atoms with van der Waals surface area (Å²) in [5, 5.41) is 0. The predicted octanol–water partition coefficient (Wildman–Crippen LogP) is 2.45. The highest BCUT2D eigenvalue weighted by atomic mass is 16.5. The number of H-pyrrole nitrogens is 1. The van der Waals surface area contributed by atoms with E-state index in [-0.39, 0.29) is 0 Å². The summed E-state index contributed by atoms with van der Waals surface area (Å²) >= 11 is 0. The second-order valence-electron chi connectivity index (χ2n) is 3.61. The summed E-state index contributed by atoms with van der Waals surface area (Å²) in [4.78, 5) is 15.5. The lowest BCUT2D eigenvalue weighted by atomic mass is 10.3. The van der Waals surface area contributed by atoms with Gasteiger partial charge in [0, 0.05) is 0 Å². The van der Waals surface area contributed by atoms with Gasteiger partial charge in [-0.3, -0.25) is 0 Å². The van der Waals surface area contributed by atoms with Crippen LogP contribution in [0.4, 0.5) is 0 Å². The third-order valence-corrected chi connectivity index (χ3v) is 2.33. The quantitative estimate of drug-likeness (QED) is 0.729. The van der Waals surface area contributed by atoms with Crippen molar-refractivity contribution in [2.24, 2.45) is 0 Å². The van der Waals surface area contributed by atoms with Gasteiger partial charge in [-0.1, -0.05) is 18.2 Å². The summed E-state index contributed by atoms with van der Waals surface area (Å²) in [5.41, 5.74) is 1.33. The van der Waals surface area contributed by atoms with Crippen LogP contribution in [0, 0.1) is 6.92 Å². The Kier molecular flexibility index (Phi) is 2.22. The van der Waals surface area contributed by atoms with Crippen molar-refractivity contribution < 1.29 is 4.74 Å². The van der Waals surface area contributed by atoms with Gasteiger partial charge >= 0.3 is 0 Å². The molecule has 3 rings (SSSR count). The van der Waals surface area contributed by atoms with Crippen LogP contribution in [-0.4, -0.2) is 19.9 Å². The number of hydrogen-bond donors (Lipinski definition) is 1. The molecule has 0 bridgehead atoms. The molecule has 0 aliphatic carbocycles. The molecule has 1 N–H and O–H groups in total. The highest BCUT2D eigenvalue weighted by molar-refractivity contribution is 5.76. The number of rotatable bonds is 2. The minimum Gasteiger partial charge on any atom is -0.437 e. The molecule has 17 heavy (non-hydrogen) atoms. The molecule has 0 saturated carbocycles. The normalized spacial score (nSPS) is 10.6. The molecule has 0 atom stereocenters. The number of imidazole rings is 1. The molecular formula is C12H10N4O. The van der Waals surface area contributed by atoms with Gasteiger partial charge in [-0.25, -0.2) is 9.97 Å². The average Bonchev–Trinajstić information content (AvgIpc) is 2.72. The Morgan fingerprint density at radius 1 is 1.12 bits per heavy atom. The number of para-hydroxylation sites is 1. The Morgan fingerprint density at radius 3 is 2.76 bits per heavy atom. The molecule has 0 saturated heterocycles. The monoisotopic (exact) mass is 226 g/mol. The van der Waals surface area contributed by atoms with Crippen LogP contribution < -0.4 is 4.74 Å².